The minimum atomic E-state index is -0.498. The normalized spacial score (nSPS) is 11.7. The summed E-state index contributed by atoms with van der Waals surface area (Å²) in [6.45, 7) is 5.56. The Hall–Kier alpha value is -1.59. The van der Waals surface area contributed by atoms with E-state index in [9.17, 15) is 10.1 Å². The second kappa shape index (κ2) is 5.07. The molecular formula is C13H13Cl2N3O2. The highest BCUT2D eigenvalue weighted by Gasteiger charge is 2.34. The first-order chi connectivity index (χ1) is 9.21. The molecule has 5 nitrogen and oxygen atoms in total. The summed E-state index contributed by atoms with van der Waals surface area (Å²) in [4.78, 5) is 10.7. The molecule has 0 saturated carbocycles. The highest BCUT2D eigenvalue weighted by molar-refractivity contribution is 6.32. The maximum Gasteiger partial charge on any atom is 0.330 e. The van der Waals surface area contributed by atoms with Gasteiger partial charge in [0.15, 0.2) is 0 Å². The Morgan fingerprint density at radius 2 is 1.75 bits per heavy atom. The van der Waals surface area contributed by atoms with Crippen molar-refractivity contribution in [2.24, 2.45) is 0 Å². The van der Waals surface area contributed by atoms with E-state index in [2.05, 4.69) is 5.10 Å². The fraction of sp³-hybridized carbons (Fsp3) is 0.308. The van der Waals surface area contributed by atoms with Gasteiger partial charge in [0.05, 0.1) is 10.6 Å². The minimum Gasteiger partial charge on any atom is -0.258 e. The molecule has 0 spiro atoms. The summed E-state index contributed by atoms with van der Waals surface area (Å²) in [5.74, 6) is 0. The Morgan fingerprint density at radius 3 is 2.15 bits per heavy atom. The van der Waals surface area contributed by atoms with E-state index in [1.54, 1.807) is 24.3 Å². The predicted octanol–water partition coefficient (Wildman–Crippen LogP) is 4.38. The summed E-state index contributed by atoms with van der Waals surface area (Å²) in [6.07, 6.45) is 0. The maximum absolute atomic E-state index is 11.2. The summed E-state index contributed by atoms with van der Waals surface area (Å²) < 4.78 is 1.36. The molecule has 1 aromatic heterocycles. The largest absolute Gasteiger partial charge is 0.330 e. The Balaban J connectivity index is 2.67. The second-order valence-corrected chi connectivity index (χ2v) is 6.18. The van der Waals surface area contributed by atoms with E-state index in [0.717, 1.165) is 0 Å². The molecule has 20 heavy (non-hydrogen) atoms. The molecule has 106 valence electrons. The van der Waals surface area contributed by atoms with Crippen molar-refractivity contribution in [1.82, 2.24) is 9.78 Å². The van der Waals surface area contributed by atoms with Crippen LogP contribution in [0.4, 0.5) is 5.69 Å². The summed E-state index contributed by atoms with van der Waals surface area (Å²) in [5.41, 5.74) is 0.332. The number of hydrogen-bond donors (Lipinski definition) is 0. The van der Waals surface area contributed by atoms with E-state index in [4.69, 9.17) is 23.2 Å². The summed E-state index contributed by atoms with van der Waals surface area (Å²) in [7, 11) is 0. The van der Waals surface area contributed by atoms with Gasteiger partial charge in [-0.05, 0) is 24.3 Å². The van der Waals surface area contributed by atoms with Gasteiger partial charge >= 0.3 is 5.69 Å². The first-order valence-electron chi connectivity index (χ1n) is 5.91. The van der Waals surface area contributed by atoms with E-state index in [1.807, 2.05) is 20.8 Å². The van der Waals surface area contributed by atoms with Crippen LogP contribution >= 0.6 is 23.2 Å². The van der Waals surface area contributed by atoms with E-state index in [0.29, 0.717) is 16.4 Å². The third kappa shape index (κ3) is 2.64. The van der Waals surface area contributed by atoms with Crippen LogP contribution < -0.4 is 0 Å². The zero-order chi connectivity index (χ0) is 15.1. The molecule has 0 radical (unpaired) electrons. The second-order valence-electron chi connectivity index (χ2n) is 5.38. The number of benzene rings is 1. The van der Waals surface area contributed by atoms with E-state index in [1.165, 1.54) is 4.68 Å². The summed E-state index contributed by atoms with van der Waals surface area (Å²) in [6, 6.07) is 6.77. The molecule has 0 atom stereocenters. The van der Waals surface area contributed by atoms with Gasteiger partial charge in [-0.2, -0.15) is 5.10 Å². The molecule has 0 N–H and O–H groups in total. The maximum atomic E-state index is 11.2. The Morgan fingerprint density at radius 1 is 1.20 bits per heavy atom. The van der Waals surface area contributed by atoms with Crippen molar-refractivity contribution in [3.63, 3.8) is 0 Å². The van der Waals surface area contributed by atoms with Crippen molar-refractivity contribution in [3.05, 3.63) is 50.2 Å². The van der Waals surface area contributed by atoms with Crippen LogP contribution in [0, 0.1) is 10.1 Å². The van der Waals surface area contributed by atoms with Gasteiger partial charge in [0.2, 0.25) is 5.15 Å². The molecule has 0 amide bonds. The quantitative estimate of drug-likeness (QED) is 0.610. The zero-order valence-corrected chi connectivity index (χ0v) is 12.7. The smallest absolute Gasteiger partial charge is 0.258 e. The molecular weight excluding hydrogens is 301 g/mol. The van der Waals surface area contributed by atoms with E-state index >= 15 is 0 Å². The van der Waals surface area contributed by atoms with Gasteiger partial charge in [-0.3, -0.25) is 10.1 Å². The fourth-order valence-corrected chi connectivity index (χ4v) is 2.23. The first kappa shape index (κ1) is 14.8. The standard InChI is InChI=1S/C13H13Cl2N3O2/c1-13(2,3)11-10(18(19)20)12(15)17(16-11)9-6-4-8(14)5-7-9/h4-7H,1-3H3. The molecule has 2 aromatic rings. The molecule has 0 unspecified atom stereocenters. The molecule has 0 bridgehead atoms. The monoisotopic (exact) mass is 313 g/mol. The molecule has 0 aliphatic carbocycles. The van der Waals surface area contributed by atoms with Crippen LogP contribution in [0.25, 0.3) is 5.69 Å². The van der Waals surface area contributed by atoms with Crippen molar-refractivity contribution >= 4 is 28.9 Å². The number of hydrogen-bond acceptors (Lipinski definition) is 3. The van der Waals surface area contributed by atoms with Gasteiger partial charge in [0.25, 0.3) is 0 Å². The van der Waals surface area contributed by atoms with Gasteiger partial charge in [-0.25, -0.2) is 4.68 Å². The number of rotatable bonds is 2. The van der Waals surface area contributed by atoms with Gasteiger partial charge in [0.1, 0.15) is 5.69 Å². The molecule has 2 rings (SSSR count). The highest BCUT2D eigenvalue weighted by atomic mass is 35.5. The Kier molecular flexibility index (Phi) is 3.75. The molecule has 0 aliphatic heterocycles. The van der Waals surface area contributed by atoms with Crippen molar-refractivity contribution in [3.8, 4) is 5.69 Å². The number of nitro groups is 1. The SMILES string of the molecule is CC(C)(C)c1nn(-c2ccc(Cl)cc2)c(Cl)c1[N+](=O)[O-]. The average Bonchev–Trinajstić information content (AvgIpc) is 2.68. The first-order valence-corrected chi connectivity index (χ1v) is 6.66. The minimum absolute atomic E-state index is 0.0118. The molecule has 7 heteroatoms. The topological polar surface area (TPSA) is 61.0 Å². The fourth-order valence-electron chi connectivity index (χ4n) is 1.81. The van der Waals surface area contributed by atoms with Crippen LogP contribution in [-0.2, 0) is 5.41 Å². The van der Waals surface area contributed by atoms with Gasteiger partial charge in [0, 0.05) is 10.4 Å². The van der Waals surface area contributed by atoms with Crippen molar-refractivity contribution in [2.75, 3.05) is 0 Å². The van der Waals surface area contributed by atoms with Gasteiger partial charge in [-0.1, -0.05) is 44.0 Å². The average molecular weight is 314 g/mol. The van der Waals surface area contributed by atoms with Crippen LogP contribution in [0.1, 0.15) is 26.5 Å². The third-order valence-electron chi connectivity index (χ3n) is 2.77. The molecule has 0 aliphatic rings. The third-order valence-corrected chi connectivity index (χ3v) is 3.36. The van der Waals surface area contributed by atoms with Crippen LogP contribution in [0.3, 0.4) is 0 Å². The molecule has 1 aromatic carbocycles. The molecule has 0 fully saturated rings. The van der Waals surface area contributed by atoms with Crippen molar-refractivity contribution < 1.29 is 4.92 Å². The van der Waals surface area contributed by atoms with E-state index in [-0.39, 0.29) is 10.8 Å². The summed E-state index contributed by atoms with van der Waals surface area (Å²) >= 11 is 12.0. The lowest BCUT2D eigenvalue weighted by Crippen LogP contribution is -2.14. The van der Waals surface area contributed by atoms with Crippen LogP contribution in [0.15, 0.2) is 24.3 Å². The predicted molar refractivity (Wildman–Crippen MR) is 78.9 cm³/mol. The van der Waals surface area contributed by atoms with Crippen LogP contribution in [-0.4, -0.2) is 14.7 Å². The number of halogens is 2. The Bertz CT molecular complexity index is 657. The lowest BCUT2D eigenvalue weighted by atomic mass is 9.91. The summed E-state index contributed by atoms with van der Waals surface area (Å²) in [5, 5.41) is 16.1. The van der Waals surface area contributed by atoms with Crippen LogP contribution in [0.5, 0.6) is 0 Å². The van der Waals surface area contributed by atoms with Crippen molar-refractivity contribution in [2.45, 2.75) is 26.2 Å². The number of aromatic nitrogens is 2. The van der Waals surface area contributed by atoms with Crippen LogP contribution in [0.2, 0.25) is 10.2 Å². The molecule has 1 heterocycles. The zero-order valence-electron chi connectivity index (χ0n) is 11.2. The lowest BCUT2D eigenvalue weighted by Gasteiger charge is -2.13. The van der Waals surface area contributed by atoms with Gasteiger partial charge in [-0.15, -0.1) is 0 Å². The van der Waals surface area contributed by atoms with Gasteiger partial charge < -0.3 is 0 Å². The van der Waals surface area contributed by atoms with Crippen molar-refractivity contribution in [1.29, 1.82) is 0 Å². The van der Waals surface area contributed by atoms with E-state index < -0.39 is 10.3 Å². The lowest BCUT2D eigenvalue weighted by molar-refractivity contribution is -0.385. The molecule has 0 saturated heterocycles. The highest BCUT2D eigenvalue weighted by Crippen LogP contribution is 2.37. The Labute approximate surface area is 126 Å². The number of nitrogens with zero attached hydrogens (tertiary/aromatic N) is 3.